The molecule has 2 heteroatoms. The maximum atomic E-state index is 9.91. The van der Waals surface area contributed by atoms with E-state index in [1.165, 1.54) is 23.2 Å². The fourth-order valence-electron chi connectivity index (χ4n) is 1.93. The summed E-state index contributed by atoms with van der Waals surface area (Å²) in [6, 6.07) is 18.7. The zero-order valence-corrected chi connectivity index (χ0v) is 10.1. The third-order valence-electron chi connectivity index (χ3n) is 2.80. The number of carbonyl (C=O) groups excluding carboxylic acids is 1. The van der Waals surface area contributed by atoms with Crippen molar-refractivity contribution < 1.29 is 9.53 Å². The third kappa shape index (κ3) is 3.45. The molecule has 0 N–H and O–H groups in total. The molecule has 1 radical (unpaired) electrons. The predicted molar refractivity (Wildman–Crippen MR) is 71.8 cm³/mol. The van der Waals surface area contributed by atoms with Crippen LogP contribution in [-0.2, 0) is 16.0 Å². The molecule has 2 aromatic rings. The maximum Gasteiger partial charge on any atom is 0.417 e. The van der Waals surface area contributed by atoms with E-state index in [1.54, 1.807) is 0 Å². The molecule has 0 aliphatic rings. The van der Waals surface area contributed by atoms with Gasteiger partial charge in [-0.1, -0.05) is 54.6 Å². The van der Waals surface area contributed by atoms with Gasteiger partial charge in [0.05, 0.1) is 6.61 Å². The van der Waals surface area contributed by atoms with E-state index in [9.17, 15) is 4.79 Å². The van der Waals surface area contributed by atoms with Gasteiger partial charge in [0, 0.05) is 0 Å². The van der Waals surface area contributed by atoms with Crippen LogP contribution in [0.3, 0.4) is 0 Å². The van der Waals surface area contributed by atoms with Crippen molar-refractivity contribution >= 4 is 6.47 Å². The minimum absolute atomic E-state index is 0.430. The zero-order chi connectivity index (χ0) is 12.6. The molecule has 0 bridgehead atoms. The van der Waals surface area contributed by atoms with Gasteiger partial charge in [0.25, 0.3) is 0 Å². The first-order chi connectivity index (χ1) is 8.90. The Morgan fingerprint density at radius 3 is 2.50 bits per heavy atom. The summed E-state index contributed by atoms with van der Waals surface area (Å²) in [7, 11) is 0. The summed E-state index contributed by atoms with van der Waals surface area (Å²) in [5.41, 5.74) is 3.69. The van der Waals surface area contributed by atoms with Crippen LogP contribution >= 0.6 is 0 Å². The fraction of sp³-hybridized carbons (Fsp3) is 0.188. The molecule has 2 rings (SSSR count). The SMILES string of the molecule is O=[C]OCCCc1cccc(-c2ccccc2)c1. The molecule has 0 aliphatic heterocycles. The molecule has 0 unspecified atom stereocenters. The Kier molecular flexibility index (Phi) is 4.53. The molecule has 0 saturated heterocycles. The lowest BCUT2D eigenvalue weighted by Crippen LogP contribution is -1.94. The lowest BCUT2D eigenvalue weighted by molar-refractivity contribution is 0.273. The van der Waals surface area contributed by atoms with Crippen LogP contribution in [0.4, 0.5) is 0 Å². The van der Waals surface area contributed by atoms with E-state index < -0.39 is 0 Å². The summed E-state index contributed by atoms with van der Waals surface area (Å²) < 4.78 is 4.56. The van der Waals surface area contributed by atoms with Crippen molar-refractivity contribution in [3.05, 3.63) is 60.2 Å². The van der Waals surface area contributed by atoms with Gasteiger partial charge in [0.2, 0.25) is 0 Å². The van der Waals surface area contributed by atoms with Crippen molar-refractivity contribution in [3.8, 4) is 11.1 Å². The summed E-state index contributed by atoms with van der Waals surface area (Å²) in [6.07, 6.45) is 1.73. The topological polar surface area (TPSA) is 26.3 Å². The molecule has 18 heavy (non-hydrogen) atoms. The Hall–Kier alpha value is -2.09. The minimum atomic E-state index is 0.430. The van der Waals surface area contributed by atoms with Crippen LogP contribution in [0.15, 0.2) is 54.6 Å². The fourth-order valence-corrected chi connectivity index (χ4v) is 1.93. The summed E-state index contributed by atoms with van der Waals surface area (Å²) in [6.45, 7) is 1.87. The molecular weight excluding hydrogens is 224 g/mol. The normalized spacial score (nSPS) is 10.0. The van der Waals surface area contributed by atoms with Crippen LogP contribution < -0.4 is 0 Å². The average Bonchev–Trinajstić information content (AvgIpc) is 2.45. The predicted octanol–water partition coefficient (Wildman–Crippen LogP) is 3.37. The van der Waals surface area contributed by atoms with Crippen molar-refractivity contribution in [2.24, 2.45) is 0 Å². The quantitative estimate of drug-likeness (QED) is 0.722. The molecule has 0 aliphatic carbocycles. The van der Waals surface area contributed by atoms with Crippen LogP contribution in [0.5, 0.6) is 0 Å². The van der Waals surface area contributed by atoms with Gasteiger partial charge in [0.15, 0.2) is 0 Å². The van der Waals surface area contributed by atoms with Crippen LogP contribution in [0.1, 0.15) is 12.0 Å². The van der Waals surface area contributed by atoms with E-state index in [-0.39, 0.29) is 0 Å². The number of benzene rings is 2. The molecule has 0 amide bonds. The smallest absolute Gasteiger partial charge is 0.417 e. The Morgan fingerprint density at radius 1 is 0.944 bits per heavy atom. The van der Waals surface area contributed by atoms with E-state index in [4.69, 9.17) is 0 Å². The zero-order valence-electron chi connectivity index (χ0n) is 10.1. The van der Waals surface area contributed by atoms with E-state index in [0.29, 0.717) is 6.61 Å². The van der Waals surface area contributed by atoms with Crippen molar-refractivity contribution in [1.29, 1.82) is 0 Å². The van der Waals surface area contributed by atoms with Crippen LogP contribution in [0, 0.1) is 0 Å². The molecule has 0 aromatic heterocycles. The monoisotopic (exact) mass is 239 g/mol. The molecule has 0 fully saturated rings. The van der Waals surface area contributed by atoms with Crippen molar-refractivity contribution in [3.63, 3.8) is 0 Å². The summed E-state index contributed by atoms with van der Waals surface area (Å²) >= 11 is 0. The van der Waals surface area contributed by atoms with Gasteiger partial charge in [-0.05, 0) is 29.5 Å². The molecular formula is C16H15O2. The lowest BCUT2D eigenvalue weighted by atomic mass is 10.0. The highest BCUT2D eigenvalue weighted by Crippen LogP contribution is 2.20. The highest BCUT2D eigenvalue weighted by Gasteiger charge is 1.99. The van der Waals surface area contributed by atoms with Gasteiger partial charge in [-0.3, -0.25) is 0 Å². The number of aryl methyl sites for hydroxylation is 1. The van der Waals surface area contributed by atoms with Gasteiger partial charge in [0.1, 0.15) is 0 Å². The van der Waals surface area contributed by atoms with Gasteiger partial charge >= 0.3 is 6.47 Å². The second-order valence-electron chi connectivity index (χ2n) is 4.10. The van der Waals surface area contributed by atoms with Crippen molar-refractivity contribution in [2.75, 3.05) is 6.61 Å². The molecule has 0 spiro atoms. The lowest BCUT2D eigenvalue weighted by Gasteiger charge is -2.05. The van der Waals surface area contributed by atoms with Gasteiger partial charge in [-0.25, -0.2) is 4.79 Å². The molecule has 0 heterocycles. The first-order valence-corrected chi connectivity index (χ1v) is 6.03. The first-order valence-electron chi connectivity index (χ1n) is 6.03. The third-order valence-corrected chi connectivity index (χ3v) is 2.80. The first kappa shape index (κ1) is 12.4. The van der Waals surface area contributed by atoms with Gasteiger partial charge < -0.3 is 4.74 Å². The molecule has 91 valence electrons. The molecule has 0 atom stereocenters. The van der Waals surface area contributed by atoms with E-state index in [1.807, 2.05) is 18.2 Å². The van der Waals surface area contributed by atoms with E-state index >= 15 is 0 Å². The standard InChI is InChI=1S/C16H15O2/c17-13-18-11-5-7-14-6-4-10-16(12-14)15-8-2-1-3-9-15/h1-4,6,8-10,12H,5,7,11H2. The Balaban J connectivity index is 2.04. The Bertz CT molecular complexity index is 491. The summed E-state index contributed by atoms with van der Waals surface area (Å²) in [4.78, 5) is 9.91. The Labute approximate surface area is 107 Å². The average molecular weight is 239 g/mol. The largest absolute Gasteiger partial charge is 0.457 e. The van der Waals surface area contributed by atoms with Gasteiger partial charge in [-0.2, -0.15) is 0 Å². The maximum absolute atomic E-state index is 9.91. The number of hydrogen-bond donors (Lipinski definition) is 0. The van der Waals surface area contributed by atoms with Crippen LogP contribution in [-0.4, -0.2) is 13.1 Å². The van der Waals surface area contributed by atoms with Crippen LogP contribution in [0.25, 0.3) is 11.1 Å². The van der Waals surface area contributed by atoms with Gasteiger partial charge in [-0.15, -0.1) is 0 Å². The Morgan fingerprint density at radius 2 is 1.72 bits per heavy atom. The van der Waals surface area contributed by atoms with E-state index in [0.717, 1.165) is 12.8 Å². The summed E-state index contributed by atoms with van der Waals surface area (Å²) in [5, 5.41) is 0. The number of ether oxygens (including phenoxy) is 1. The van der Waals surface area contributed by atoms with Crippen molar-refractivity contribution in [1.82, 2.24) is 0 Å². The molecule has 2 nitrogen and oxygen atoms in total. The highest BCUT2D eigenvalue weighted by molar-refractivity contribution is 5.63. The molecule has 0 saturated carbocycles. The van der Waals surface area contributed by atoms with E-state index in [2.05, 4.69) is 41.1 Å². The highest BCUT2D eigenvalue weighted by atomic mass is 16.5. The van der Waals surface area contributed by atoms with Crippen molar-refractivity contribution in [2.45, 2.75) is 12.8 Å². The summed E-state index contributed by atoms with van der Waals surface area (Å²) in [5.74, 6) is 0. The number of hydrogen-bond acceptors (Lipinski definition) is 2. The van der Waals surface area contributed by atoms with Crippen LogP contribution in [0.2, 0.25) is 0 Å². The second kappa shape index (κ2) is 6.60. The molecule has 2 aromatic carbocycles. The number of rotatable bonds is 6. The minimum Gasteiger partial charge on any atom is -0.457 e. The second-order valence-corrected chi connectivity index (χ2v) is 4.10.